The van der Waals surface area contributed by atoms with Gasteiger partial charge in [0.2, 0.25) is 0 Å². The fraction of sp³-hybridized carbons (Fsp3) is 0.154. The molecule has 1 aromatic heterocycles. The number of methoxy groups -OCH3 is 1. The van der Waals surface area contributed by atoms with Crippen molar-refractivity contribution in [2.45, 2.75) is 4.43 Å². The van der Waals surface area contributed by atoms with Gasteiger partial charge in [-0.05, 0) is 6.07 Å². The first-order valence-corrected chi connectivity index (χ1v) is 7.17. The van der Waals surface area contributed by atoms with Crippen LogP contribution in [0.3, 0.4) is 0 Å². The van der Waals surface area contributed by atoms with Crippen molar-refractivity contribution in [2.75, 3.05) is 7.11 Å². The molecule has 0 aliphatic rings. The summed E-state index contributed by atoms with van der Waals surface area (Å²) < 4.78 is 33.6. The molecule has 0 saturated heterocycles. The molecule has 0 amide bonds. The van der Waals surface area contributed by atoms with Gasteiger partial charge in [0.25, 0.3) is 0 Å². The second kappa shape index (κ2) is 6.17. The number of hydrogen-bond acceptors (Lipinski definition) is 4. The zero-order chi connectivity index (χ0) is 15.6. The number of nitrogens with zero attached hydrogens (tertiary/aromatic N) is 3. The van der Waals surface area contributed by atoms with Crippen molar-refractivity contribution in [3.05, 3.63) is 51.4 Å². The summed E-state index contributed by atoms with van der Waals surface area (Å²) in [5, 5.41) is 12.8. The molecule has 0 N–H and O–H groups in total. The number of hydrogen-bond donors (Lipinski definition) is 0. The van der Waals surface area contributed by atoms with E-state index in [0.29, 0.717) is 9.11 Å². The van der Waals surface area contributed by atoms with Crippen LogP contribution in [0.4, 0.5) is 8.78 Å². The van der Waals surface area contributed by atoms with Crippen LogP contribution in [0.1, 0.15) is 11.3 Å². The zero-order valence-electron chi connectivity index (χ0n) is 10.7. The van der Waals surface area contributed by atoms with Gasteiger partial charge in [-0.3, -0.25) is 4.79 Å². The van der Waals surface area contributed by atoms with Gasteiger partial charge in [0, 0.05) is 16.6 Å². The number of aromatic nitrogens is 2. The molecule has 21 heavy (non-hydrogen) atoms. The molecule has 0 atom stereocenters. The van der Waals surface area contributed by atoms with E-state index in [9.17, 15) is 13.6 Å². The zero-order valence-corrected chi connectivity index (χ0v) is 12.9. The second-order valence-electron chi connectivity index (χ2n) is 3.95. The Kier molecular flexibility index (Phi) is 4.52. The molecule has 0 aliphatic heterocycles. The monoisotopic (exact) mass is 403 g/mol. The maximum Gasteiger partial charge on any atom is 0.307 e. The number of ether oxygens (including phenoxy) is 1. The number of alkyl halides is 1. The van der Waals surface area contributed by atoms with Gasteiger partial charge < -0.3 is 4.74 Å². The van der Waals surface area contributed by atoms with E-state index in [-0.39, 0.29) is 22.7 Å². The molecule has 0 radical (unpaired) electrons. The lowest BCUT2D eigenvalue weighted by Gasteiger charge is -2.10. The Labute approximate surface area is 131 Å². The van der Waals surface area contributed by atoms with E-state index in [1.165, 1.54) is 7.11 Å². The van der Waals surface area contributed by atoms with Crippen molar-refractivity contribution in [2.24, 2.45) is 0 Å². The third-order valence-electron chi connectivity index (χ3n) is 2.67. The van der Waals surface area contributed by atoms with Gasteiger partial charge in [-0.2, -0.15) is 15.0 Å². The number of halogens is 3. The predicted molar refractivity (Wildman–Crippen MR) is 78.7 cm³/mol. The van der Waals surface area contributed by atoms with Crippen LogP contribution < -0.4 is 10.3 Å². The Morgan fingerprint density at radius 2 is 2.10 bits per heavy atom. The van der Waals surface area contributed by atoms with Crippen molar-refractivity contribution in [1.82, 2.24) is 9.78 Å². The van der Waals surface area contributed by atoms with Crippen molar-refractivity contribution >= 4 is 22.6 Å². The smallest absolute Gasteiger partial charge is 0.307 e. The normalized spacial score (nSPS) is 10.2. The highest BCUT2D eigenvalue weighted by molar-refractivity contribution is 14.1. The van der Waals surface area contributed by atoms with Gasteiger partial charge in [0.1, 0.15) is 17.5 Å². The summed E-state index contributed by atoms with van der Waals surface area (Å²) in [5.74, 6) is -1.82. The van der Waals surface area contributed by atoms with Gasteiger partial charge in [-0.25, -0.2) is 8.78 Å². The first-order chi connectivity index (χ1) is 10.0. The third kappa shape index (κ3) is 2.87. The Hall–Kier alpha value is -2.02. The van der Waals surface area contributed by atoms with Gasteiger partial charge in [-0.15, -0.1) is 0 Å². The summed E-state index contributed by atoms with van der Waals surface area (Å²) in [6.07, 6.45) is 0. The minimum Gasteiger partial charge on any atom is -0.495 e. The SMILES string of the molecule is COc1cc(-n2nc(CI)cc(F)c2=O)c(F)cc1C#N. The summed E-state index contributed by atoms with van der Waals surface area (Å²) in [7, 11) is 1.30. The Balaban J connectivity index is 2.76. The minimum absolute atomic E-state index is 0.0303. The minimum atomic E-state index is -1.07. The van der Waals surface area contributed by atoms with Crippen LogP contribution in [0, 0.1) is 23.0 Å². The summed E-state index contributed by atoms with van der Waals surface area (Å²) in [5.41, 5.74) is -1.09. The van der Waals surface area contributed by atoms with Gasteiger partial charge in [-0.1, -0.05) is 22.6 Å². The molecule has 108 valence electrons. The van der Waals surface area contributed by atoms with E-state index >= 15 is 0 Å². The molecule has 2 rings (SSSR count). The van der Waals surface area contributed by atoms with Crippen LogP contribution in [0.25, 0.3) is 5.69 Å². The maximum absolute atomic E-state index is 14.1. The van der Waals surface area contributed by atoms with Gasteiger partial charge in [0.15, 0.2) is 11.6 Å². The van der Waals surface area contributed by atoms with Crippen LogP contribution in [0.5, 0.6) is 5.75 Å². The van der Waals surface area contributed by atoms with E-state index in [2.05, 4.69) is 5.10 Å². The fourth-order valence-electron chi connectivity index (χ4n) is 1.70. The van der Waals surface area contributed by atoms with Gasteiger partial charge in [0.05, 0.1) is 18.4 Å². The van der Waals surface area contributed by atoms with Crippen molar-refractivity contribution < 1.29 is 13.5 Å². The average Bonchev–Trinajstić information content (AvgIpc) is 2.49. The average molecular weight is 403 g/mol. The predicted octanol–water partition coefficient (Wildman–Crippen LogP) is 2.33. The molecule has 0 bridgehead atoms. The topological polar surface area (TPSA) is 67.9 Å². The van der Waals surface area contributed by atoms with Crippen LogP contribution in [-0.4, -0.2) is 16.9 Å². The molecular weight excluding hydrogens is 395 g/mol. The van der Waals surface area contributed by atoms with Crippen molar-refractivity contribution in [3.63, 3.8) is 0 Å². The molecule has 2 aromatic rings. The molecule has 5 nitrogen and oxygen atoms in total. The number of benzene rings is 1. The van der Waals surface area contributed by atoms with Crippen molar-refractivity contribution in [1.29, 1.82) is 5.26 Å². The van der Waals surface area contributed by atoms with Crippen LogP contribution in [0.15, 0.2) is 23.0 Å². The van der Waals surface area contributed by atoms with Gasteiger partial charge >= 0.3 is 5.56 Å². The number of rotatable bonds is 3. The van der Waals surface area contributed by atoms with E-state index in [1.807, 2.05) is 22.6 Å². The largest absolute Gasteiger partial charge is 0.495 e. The maximum atomic E-state index is 14.1. The molecule has 0 saturated carbocycles. The summed E-state index contributed by atoms with van der Waals surface area (Å²) in [6, 6.07) is 4.82. The van der Waals surface area contributed by atoms with E-state index < -0.39 is 17.2 Å². The van der Waals surface area contributed by atoms with Crippen molar-refractivity contribution in [3.8, 4) is 17.5 Å². The van der Waals surface area contributed by atoms with Crippen LogP contribution >= 0.6 is 22.6 Å². The highest BCUT2D eigenvalue weighted by Crippen LogP contribution is 2.24. The van der Waals surface area contributed by atoms with E-state index in [1.54, 1.807) is 6.07 Å². The lowest BCUT2D eigenvalue weighted by molar-refractivity contribution is 0.411. The highest BCUT2D eigenvalue weighted by atomic mass is 127. The molecule has 0 spiro atoms. The number of nitriles is 1. The highest BCUT2D eigenvalue weighted by Gasteiger charge is 2.16. The fourth-order valence-corrected chi connectivity index (χ4v) is 2.07. The second-order valence-corrected chi connectivity index (χ2v) is 4.71. The first-order valence-electron chi connectivity index (χ1n) is 5.64. The summed E-state index contributed by atoms with van der Waals surface area (Å²) in [6.45, 7) is 0. The molecule has 1 heterocycles. The summed E-state index contributed by atoms with van der Waals surface area (Å²) >= 11 is 1.95. The molecule has 0 aliphatic carbocycles. The molecule has 1 aromatic carbocycles. The van der Waals surface area contributed by atoms with E-state index in [4.69, 9.17) is 10.00 Å². The lowest BCUT2D eigenvalue weighted by atomic mass is 10.2. The molecule has 0 fully saturated rings. The van der Waals surface area contributed by atoms with Crippen LogP contribution in [-0.2, 0) is 4.43 Å². The lowest BCUT2D eigenvalue weighted by Crippen LogP contribution is -2.26. The summed E-state index contributed by atoms with van der Waals surface area (Å²) in [4.78, 5) is 11.8. The quantitative estimate of drug-likeness (QED) is 0.583. The van der Waals surface area contributed by atoms with E-state index in [0.717, 1.165) is 18.2 Å². The van der Waals surface area contributed by atoms with Crippen LogP contribution in [0.2, 0.25) is 0 Å². The Morgan fingerprint density at radius 3 is 2.67 bits per heavy atom. The Bertz CT molecular complexity index is 799. The standard InChI is InChI=1S/C13H8F2IN3O2/c1-21-12-4-11(9(14)2-7(12)6-17)19-13(20)10(15)3-8(5-16)18-19/h2-4H,5H2,1H3. The molecular formula is C13H8F2IN3O2. The molecule has 0 unspecified atom stereocenters. The molecule has 8 heteroatoms. The third-order valence-corrected chi connectivity index (χ3v) is 3.45. The first kappa shape index (κ1) is 15.4. The Morgan fingerprint density at radius 1 is 1.38 bits per heavy atom.